The smallest absolute Gasteiger partial charge is 0.250 e. The maximum atomic E-state index is 12.1. The molecule has 0 bridgehead atoms. The summed E-state index contributed by atoms with van der Waals surface area (Å²) in [7, 11) is -3.44. The van der Waals surface area contributed by atoms with Crippen LogP contribution in [0.2, 0.25) is 0 Å². The van der Waals surface area contributed by atoms with Gasteiger partial charge in [-0.3, -0.25) is 0 Å². The number of nitrogens with one attached hydrogen (secondary N) is 2. The number of thiophene rings is 1. The standard InChI is InChI=1S/C12H17N3O2S3/c1-2-5-13-7-11-3-4-12(19-11)20(16,17)15-6-10-8-18-9-14-10/h3-4,8-9,13,15H,2,5-7H2,1H3. The lowest BCUT2D eigenvalue weighted by molar-refractivity contribution is 0.583. The predicted molar refractivity (Wildman–Crippen MR) is 82.5 cm³/mol. The Morgan fingerprint density at radius 1 is 1.30 bits per heavy atom. The van der Waals surface area contributed by atoms with E-state index >= 15 is 0 Å². The first-order valence-corrected chi connectivity index (χ1v) is 9.52. The zero-order valence-electron chi connectivity index (χ0n) is 11.1. The van der Waals surface area contributed by atoms with Gasteiger partial charge in [-0.1, -0.05) is 6.92 Å². The Kier molecular flexibility index (Phi) is 5.67. The fourth-order valence-electron chi connectivity index (χ4n) is 1.55. The summed E-state index contributed by atoms with van der Waals surface area (Å²) in [5.74, 6) is 0. The number of aromatic nitrogens is 1. The van der Waals surface area contributed by atoms with Gasteiger partial charge in [0.15, 0.2) is 0 Å². The number of thiazole rings is 1. The first-order valence-electron chi connectivity index (χ1n) is 6.28. The van der Waals surface area contributed by atoms with Crippen LogP contribution >= 0.6 is 22.7 Å². The zero-order valence-corrected chi connectivity index (χ0v) is 13.6. The topological polar surface area (TPSA) is 71.1 Å². The van der Waals surface area contributed by atoms with Gasteiger partial charge < -0.3 is 5.32 Å². The van der Waals surface area contributed by atoms with Crippen molar-refractivity contribution in [2.45, 2.75) is 30.6 Å². The molecule has 0 amide bonds. The Balaban J connectivity index is 1.95. The Morgan fingerprint density at radius 3 is 2.85 bits per heavy atom. The third-order valence-corrected chi connectivity index (χ3v) is 6.17. The monoisotopic (exact) mass is 331 g/mol. The third-order valence-electron chi connectivity index (χ3n) is 2.55. The lowest BCUT2D eigenvalue weighted by atomic mass is 10.4. The van der Waals surface area contributed by atoms with E-state index in [-0.39, 0.29) is 6.54 Å². The highest BCUT2D eigenvalue weighted by atomic mass is 32.2. The molecule has 5 nitrogen and oxygen atoms in total. The fourth-order valence-corrected chi connectivity index (χ4v) is 4.48. The Morgan fingerprint density at radius 2 is 2.15 bits per heavy atom. The number of hydrogen-bond acceptors (Lipinski definition) is 6. The molecule has 0 aliphatic heterocycles. The SMILES string of the molecule is CCCNCc1ccc(S(=O)(=O)NCc2cscn2)s1. The second-order valence-electron chi connectivity index (χ2n) is 4.20. The molecule has 110 valence electrons. The molecule has 0 atom stereocenters. The fraction of sp³-hybridized carbons (Fsp3) is 0.417. The maximum Gasteiger partial charge on any atom is 0.250 e. The van der Waals surface area contributed by atoms with Crippen LogP contribution < -0.4 is 10.0 Å². The minimum absolute atomic E-state index is 0.229. The van der Waals surface area contributed by atoms with Crippen LogP contribution in [0.3, 0.4) is 0 Å². The van der Waals surface area contributed by atoms with Gasteiger partial charge in [-0.05, 0) is 25.1 Å². The van der Waals surface area contributed by atoms with Crippen molar-refractivity contribution >= 4 is 32.7 Å². The van der Waals surface area contributed by atoms with Crippen LogP contribution in [-0.4, -0.2) is 19.9 Å². The zero-order chi connectivity index (χ0) is 14.4. The molecule has 2 N–H and O–H groups in total. The van der Waals surface area contributed by atoms with Crippen molar-refractivity contribution in [3.63, 3.8) is 0 Å². The van der Waals surface area contributed by atoms with Crippen LogP contribution in [0, 0.1) is 0 Å². The molecule has 0 aromatic carbocycles. The van der Waals surface area contributed by atoms with Crippen molar-refractivity contribution in [2.24, 2.45) is 0 Å². The van der Waals surface area contributed by atoms with Crippen molar-refractivity contribution < 1.29 is 8.42 Å². The number of nitrogens with zero attached hydrogens (tertiary/aromatic N) is 1. The molecule has 20 heavy (non-hydrogen) atoms. The summed E-state index contributed by atoms with van der Waals surface area (Å²) in [4.78, 5) is 5.07. The quantitative estimate of drug-likeness (QED) is 0.727. The first kappa shape index (κ1) is 15.6. The Labute approximate surface area is 127 Å². The molecule has 2 aromatic heterocycles. The van der Waals surface area contributed by atoms with E-state index in [1.807, 2.05) is 11.4 Å². The van der Waals surface area contributed by atoms with Crippen LogP contribution in [0.4, 0.5) is 0 Å². The Hall–Kier alpha value is -0.800. The average Bonchev–Trinajstić information content (AvgIpc) is 3.08. The summed E-state index contributed by atoms with van der Waals surface area (Å²) >= 11 is 2.75. The van der Waals surface area contributed by atoms with Gasteiger partial charge in [0.05, 0.1) is 17.7 Å². The second kappa shape index (κ2) is 7.28. The van der Waals surface area contributed by atoms with E-state index in [2.05, 4.69) is 21.9 Å². The van der Waals surface area contributed by atoms with Gasteiger partial charge in [0.2, 0.25) is 10.0 Å². The van der Waals surface area contributed by atoms with Crippen LogP contribution in [-0.2, 0) is 23.1 Å². The van der Waals surface area contributed by atoms with Crippen molar-refractivity contribution in [3.05, 3.63) is 33.6 Å². The highest BCUT2D eigenvalue weighted by Crippen LogP contribution is 2.21. The van der Waals surface area contributed by atoms with Crippen molar-refractivity contribution in [3.8, 4) is 0 Å². The summed E-state index contributed by atoms with van der Waals surface area (Å²) < 4.78 is 27.2. The molecule has 0 saturated heterocycles. The number of hydrogen-bond donors (Lipinski definition) is 2. The number of rotatable bonds is 8. The van der Waals surface area contributed by atoms with Crippen LogP contribution in [0.1, 0.15) is 23.9 Å². The van der Waals surface area contributed by atoms with Crippen molar-refractivity contribution in [2.75, 3.05) is 6.54 Å². The minimum Gasteiger partial charge on any atom is -0.312 e. The molecule has 0 unspecified atom stereocenters. The molecule has 2 aromatic rings. The van der Waals surface area contributed by atoms with Crippen molar-refractivity contribution in [1.29, 1.82) is 0 Å². The van der Waals surface area contributed by atoms with E-state index < -0.39 is 10.0 Å². The highest BCUT2D eigenvalue weighted by Gasteiger charge is 2.16. The van der Waals surface area contributed by atoms with Gasteiger partial charge >= 0.3 is 0 Å². The molecule has 0 aliphatic rings. The molecule has 0 spiro atoms. The molecule has 0 aliphatic carbocycles. The predicted octanol–water partition coefficient (Wildman–Crippen LogP) is 2.18. The molecular weight excluding hydrogens is 314 g/mol. The van der Waals surface area contributed by atoms with E-state index in [1.165, 1.54) is 22.7 Å². The molecule has 0 saturated carbocycles. The summed E-state index contributed by atoms with van der Waals surface area (Å²) in [6.45, 7) is 3.97. The van der Waals surface area contributed by atoms with Gasteiger partial charge in [0.1, 0.15) is 4.21 Å². The lowest BCUT2D eigenvalue weighted by Gasteiger charge is -2.02. The van der Waals surface area contributed by atoms with E-state index in [9.17, 15) is 8.42 Å². The van der Waals surface area contributed by atoms with E-state index in [1.54, 1.807) is 11.6 Å². The molecule has 0 radical (unpaired) electrons. The van der Waals surface area contributed by atoms with Crippen molar-refractivity contribution in [1.82, 2.24) is 15.0 Å². The second-order valence-corrected chi connectivity index (χ2v) is 8.08. The molecule has 0 fully saturated rings. The first-order chi connectivity index (χ1) is 9.62. The van der Waals surface area contributed by atoms with E-state index in [4.69, 9.17) is 0 Å². The van der Waals surface area contributed by atoms with Gasteiger partial charge in [0.25, 0.3) is 0 Å². The molecule has 2 heterocycles. The lowest BCUT2D eigenvalue weighted by Crippen LogP contribution is -2.22. The summed E-state index contributed by atoms with van der Waals surface area (Å²) in [6.07, 6.45) is 1.06. The van der Waals surface area contributed by atoms with E-state index in [0.717, 1.165) is 23.5 Å². The van der Waals surface area contributed by atoms with Gasteiger partial charge in [0, 0.05) is 16.8 Å². The molecule has 8 heteroatoms. The van der Waals surface area contributed by atoms with Crippen LogP contribution in [0.15, 0.2) is 27.2 Å². The number of sulfonamides is 1. The normalized spacial score (nSPS) is 11.8. The van der Waals surface area contributed by atoms with Crippen LogP contribution in [0.5, 0.6) is 0 Å². The maximum absolute atomic E-state index is 12.1. The van der Waals surface area contributed by atoms with E-state index in [0.29, 0.717) is 10.8 Å². The van der Waals surface area contributed by atoms with Crippen LogP contribution in [0.25, 0.3) is 0 Å². The molecule has 2 rings (SSSR count). The summed E-state index contributed by atoms with van der Waals surface area (Å²) in [5.41, 5.74) is 2.42. The minimum atomic E-state index is -3.44. The van der Waals surface area contributed by atoms with Gasteiger partial charge in [-0.25, -0.2) is 18.1 Å². The average molecular weight is 331 g/mol. The Bertz CT molecular complexity index is 620. The molecular formula is C12H17N3O2S3. The van der Waals surface area contributed by atoms with Gasteiger partial charge in [-0.2, -0.15) is 0 Å². The highest BCUT2D eigenvalue weighted by molar-refractivity contribution is 7.91. The summed E-state index contributed by atoms with van der Waals surface area (Å²) in [5, 5.41) is 5.09. The summed E-state index contributed by atoms with van der Waals surface area (Å²) in [6, 6.07) is 3.50. The third kappa shape index (κ3) is 4.35. The largest absolute Gasteiger partial charge is 0.312 e. The van der Waals surface area contributed by atoms with Gasteiger partial charge in [-0.15, -0.1) is 22.7 Å².